The molecule has 0 atom stereocenters. The number of ether oxygens (including phenoxy) is 1. The summed E-state index contributed by atoms with van der Waals surface area (Å²) in [5.41, 5.74) is -0.229. The highest BCUT2D eigenvalue weighted by atomic mass is 16.5. The molecule has 0 unspecified atom stereocenters. The zero-order valence-corrected chi connectivity index (χ0v) is 12.2. The molecular formula is C12H22N4O2. The molecule has 0 saturated carbocycles. The molecule has 6 nitrogen and oxygen atoms in total. The first-order valence-electron chi connectivity index (χ1n) is 5.98. The van der Waals surface area contributed by atoms with Crippen LogP contribution in [0.3, 0.4) is 0 Å². The molecule has 1 aromatic rings. The van der Waals surface area contributed by atoms with Crippen LogP contribution in [0.5, 0.6) is 6.01 Å². The molecule has 0 aliphatic heterocycles. The molecular weight excluding hydrogens is 232 g/mol. The number of rotatable bonds is 2. The van der Waals surface area contributed by atoms with Gasteiger partial charge in [-0.1, -0.05) is 20.8 Å². The van der Waals surface area contributed by atoms with Gasteiger partial charge in [0.05, 0.1) is 6.10 Å². The smallest absolute Gasteiger partial charge is 0.348 e. The average Bonchev–Trinajstić information content (AvgIpc) is 2.58. The van der Waals surface area contributed by atoms with Crippen molar-refractivity contribution in [2.45, 2.75) is 46.1 Å². The second-order valence-electron chi connectivity index (χ2n) is 5.72. The quantitative estimate of drug-likeness (QED) is 0.808. The fraction of sp³-hybridized carbons (Fsp3) is 0.750. The Bertz CT molecular complexity index is 430. The van der Waals surface area contributed by atoms with Crippen LogP contribution in [0.1, 0.15) is 40.4 Å². The van der Waals surface area contributed by atoms with Crippen LogP contribution >= 0.6 is 0 Å². The Morgan fingerprint density at radius 2 is 1.89 bits per heavy atom. The average molecular weight is 254 g/mol. The molecule has 0 bridgehead atoms. The first-order valence-corrected chi connectivity index (χ1v) is 5.98. The van der Waals surface area contributed by atoms with Crippen LogP contribution in [0.4, 0.5) is 4.79 Å². The highest BCUT2D eigenvalue weighted by Crippen LogP contribution is 2.22. The minimum Gasteiger partial charge on any atom is -0.461 e. The van der Waals surface area contributed by atoms with Crippen LogP contribution in [0.2, 0.25) is 0 Å². The second kappa shape index (κ2) is 4.96. The van der Waals surface area contributed by atoms with Gasteiger partial charge in [-0.05, 0) is 13.8 Å². The molecule has 0 radical (unpaired) electrons. The van der Waals surface area contributed by atoms with Gasteiger partial charge >= 0.3 is 12.0 Å². The van der Waals surface area contributed by atoms with Crippen molar-refractivity contribution in [3.63, 3.8) is 0 Å². The number of aromatic nitrogens is 3. The van der Waals surface area contributed by atoms with Gasteiger partial charge < -0.3 is 9.64 Å². The summed E-state index contributed by atoms with van der Waals surface area (Å²) in [4.78, 5) is 17.7. The predicted octanol–water partition coefficient (Wildman–Crippen LogP) is 1.89. The second-order valence-corrected chi connectivity index (χ2v) is 5.72. The van der Waals surface area contributed by atoms with Crippen LogP contribution in [0.25, 0.3) is 0 Å². The van der Waals surface area contributed by atoms with Gasteiger partial charge in [-0.3, -0.25) is 0 Å². The van der Waals surface area contributed by atoms with E-state index < -0.39 is 0 Å². The number of nitrogens with zero attached hydrogens (tertiary/aromatic N) is 4. The lowest BCUT2D eigenvalue weighted by Gasteiger charge is -2.13. The number of carbonyl (C=O) groups is 1. The first kappa shape index (κ1) is 14.5. The lowest BCUT2D eigenvalue weighted by molar-refractivity contribution is 0.191. The zero-order valence-electron chi connectivity index (χ0n) is 12.2. The monoisotopic (exact) mass is 254 g/mol. The Balaban J connectivity index is 3.21. The van der Waals surface area contributed by atoms with E-state index in [1.165, 1.54) is 9.58 Å². The van der Waals surface area contributed by atoms with E-state index in [4.69, 9.17) is 4.74 Å². The van der Waals surface area contributed by atoms with Crippen molar-refractivity contribution in [2.24, 2.45) is 0 Å². The maximum Gasteiger partial charge on any atom is 0.348 e. The third kappa shape index (κ3) is 3.21. The number of hydrogen-bond donors (Lipinski definition) is 0. The van der Waals surface area contributed by atoms with E-state index in [0.717, 1.165) is 0 Å². The zero-order chi connectivity index (χ0) is 14.1. The fourth-order valence-electron chi connectivity index (χ4n) is 1.22. The van der Waals surface area contributed by atoms with Crippen molar-refractivity contribution < 1.29 is 9.53 Å². The Labute approximate surface area is 108 Å². The molecule has 0 aliphatic rings. The molecule has 0 N–H and O–H groups in total. The molecule has 1 amide bonds. The maximum absolute atomic E-state index is 12.0. The third-order valence-electron chi connectivity index (χ3n) is 2.15. The molecule has 0 fully saturated rings. The Morgan fingerprint density at radius 3 is 2.28 bits per heavy atom. The molecule has 18 heavy (non-hydrogen) atoms. The number of amides is 1. The van der Waals surface area contributed by atoms with Gasteiger partial charge in [0.15, 0.2) is 5.82 Å². The lowest BCUT2D eigenvalue weighted by Crippen LogP contribution is -2.29. The van der Waals surface area contributed by atoms with E-state index in [-0.39, 0.29) is 23.6 Å². The van der Waals surface area contributed by atoms with Gasteiger partial charge in [-0.15, -0.1) is 9.78 Å². The Hall–Kier alpha value is -1.59. The molecule has 102 valence electrons. The largest absolute Gasteiger partial charge is 0.461 e. The normalized spacial score (nSPS) is 11.8. The van der Waals surface area contributed by atoms with Crippen LogP contribution in [-0.2, 0) is 5.41 Å². The van der Waals surface area contributed by atoms with E-state index in [2.05, 4.69) is 10.1 Å². The van der Waals surface area contributed by atoms with E-state index in [1.54, 1.807) is 14.1 Å². The van der Waals surface area contributed by atoms with Gasteiger partial charge in [-0.2, -0.15) is 4.98 Å². The summed E-state index contributed by atoms with van der Waals surface area (Å²) in [7, 11) is 3.33. The molecule has 0 aliphatic carbocycles. The van der Waals surface area contributed by atoms with Crippen LogP contribution in [0.15, 0.2) is 0 Å². The van der Waals surface area contributed by atoms with Crippen LogP contribution in [0, 0.1) is 0 Å². The van der Waals surface area contributed by atoms with Crippen LogP contribution < -0.4 is 4.74 Å². The third-order valence-corrected chi connectivity index (χ3v) is 2.15. The van der Waals surface area contributed by atoms with Crippen molar-refractivity contribution in [3.05, 3.63) is 5.82 Å². The van der Waals surface area contributed by atoms with E-state index >= 15 is 0 Å². The van der Waals surface area contributed by atoms with E-state index in [9.17, 15) is 4.79 Å². The summed E-state index contributed by atoms with van der Waals surface area (Å²) in [6, 6.07) is -0.0257. The van der Waals surface area contributed by atoms with Crippen molar-refractivity contribution in [3.8, 4) is 6.01 Å². The maximum atomic E-state index is 12.0. The Morgan fingerprint density at radius 1 is 1.33 bits per heavy atom. The van der Waals surface area contributed by atoms with Gasteiger partial charge in [0.2, 0.25) is 0 Å². The van der Waals surface area contributed by atoms with E-state index in [0.29, 0.717) is 5.82 Å². The highest BCUT2D eigenvalue weighted by Gasteiger charge is 2.26. The SMILES string of the molecule is CC(C)Oc1nc(C(C)(C)C)nn1C(=O)N(C)C. The van der Waals surface area contributed by atoms with Gasteiger partial charge in [0.1, 0.15) is 0 Å². The fourth-order valence-corrected chi connectivity index (χ4v) is 1.22. The van der Waals surface area contributed by atoms with Crippen molar-refractivity contribution >= 4 is 6.03 Å². The summed E-state index contributed by atoms with van der Waals surface area (Å²) < 4.78 is 6.74. The van der Waals surface area contributed by atoms with Gasteiger partial charge in [-0.25, -0.2) is 4.79 Å². The summed E-state index contributed by atoms with van der Waals surface area (Å²) in [5, 5.41) is 4.25. The molecule has 0 spiro atoms. The Kier molecular flexibility index (Phi) is 3.98. The van der Waals surface area contributed by atoms with Crippen LogP contribution in [-0.4, -0.2) is 45.9 Å². The van der Waals surface area contributed by atoms with Crippen molar-refractivity contribution in [1.29, 1.82) is 0 Å². The molecule has 0 saturated heterocycles. The predicted molar refractivity (Wildman–Crippen MR) is 69.0 cm³/mol. The lowest BCUT2D eigenvalue weighted by atomic mass is 9.96. The minimum atomic E-state index is -0.270. The number of hydrogen-bond acceptors (Lipinski definition) is 4. The molecule has 1 aromatic heterocycles. The van der Waals surface area contributed by atoms with Gasteiger partial charge in [0.25, 0.3) is 0 Å². The molecule has 6 heteroatoms. The summed E-state index contributed by atoms with van der Waals surface area (Å²) >= 11 is 0. The topological polar surface area (TPSA) is 60.3 Å². The highest BCUT2D eigenvalue weighted by molar-refractivity contribution is 5.76. The summed E-state index contributed by atoms with van der Waals surface area (Å²) in [5.74, 6) is 0.591. The first-order chi connectivity index (χ1) is 8.12. The molecule has 1 heterocycles. The summed E-state index contributed by atoms with van der Waals surface area (Å²) in [6.07, 6.45) is -0.0595. The standard InChI is InChI=1S/C12H22N4O2/c1-8(2)18-10-13-9(12(3,4)5)14-16(10)11(17)15(6)7/h8H,1-7H3. The summed E-state index contributed by atoms with van der Waals surface area (Å²) in [6.45, 7) is 9.75. The van der Waals surface area contributed by atoms with Crippen molar-refractivity contribution in [2.75, 3.05) is 14.1 Å². The van der Waals surface area contributed by atoms with Crippen molar-refractivity contribution in [1.82, 2.24) is 19.7 Å². The number of carbonyl (C=O) groups excluding carboxylic acids is 1. The minimum absolute atomic E-state index is 0.0595. The van der Waals surface area contributed by atoms with E-state index in [1.807, 2.05) is 34.6 Å². The molecule has 0 aromatic carbocycles. The van der Waals surface area contributed by atoms with Gasteiger partial charge in [0, 0.05) is 19.5 Å². The molecule has 1 rings (SSSR count).